The number of ether oxygens (including phenoxy) is 2. The van der Waals surface area contributed by atoms with Crippen LogP contribution in [-0.2, 0) is 33.5 Å². The lowest BCUT2D eigenvalue weighted by Gasteiger charge is -2.29. The summed E-state index contributed by atoms with van der Waals surface area (Å²) in [5.74, 6) is -0.425. The van der Waals surface area contributed by atoms with Gasteiger partial charge in [-0.05, 0) is 83.6 Å². The molecule has 198 valence electrons. The number of aryl methyl sites for hydroxylation is 2. The summed E-state index contributed by atoms with van der Waals surface area (Å²) in [6, 6.07) is 13.5. The highest BCUT2D eigenvalue weighted by molar-refractivity contribution is 6.02. The van der Waals surface area contributed by atoms with Gasteiger partial charge in [0.05, 0.1) is 0 Å². The SMILES string of the molecule is CC(C)(C)OC(=O)CN1CCc2cc(CCc3ccc(/C(N)=N/C(=O)OC(C)(C)C)cc3)ccc2C1=O. The van der Waals surface area contributed by atoms with Crippen molar-refractivity contribution in [3.05, 3.63) is 70.3 Å². The molecule has 1 heterocycles. The van der Waals surface area contributed by atoms with Crippen LogP contribution >= 0.6 is 0 Å². The molecule has 2 aromatic rings. The summed E-state index contributed by atoms with van der Waals surface area (Å²) >= 11 is 0. The number of fused-ring (bicyclic) bond motifs is 1. The summed E-state index contributed by atoms with van der Waals surface area (Å²) in [6.07, 6.45) is 1.60. The van der Waals surface area contributed by atoms with E-state index in [0.717, 1.165) is 29.5 Å². The van der Waals surface area contributed by atoms with E-state index in [0.29, 0.717) is 24.1 Å². The van der Waals surface area contributed by atoms with E-state index in [1.165, 1.54) is 0 Å². The molecule has 3 rings (SSSR count). The van der Waals surface area contributed by atoms with E-state index in [1.807, 2.05) is 57.2 Å². The van der Waals surface area contributed by atoms with Crippen molar-refractivity contribution in [2.24, 2.45) is 10.7 Å². The topological polar surface area (TPSA) is 111 Å². The maximum atomic E-state index is 12.9. The van der Waals surface area contributed by atoms with Crippen molar-refractivity contribution in [2.75, 3.05) is 13.1 Å². The highest BCUT2D eigenvalue weighted by Crippen LogP contribution is 2.22. The molecule has 0 atom stereocenters. The van der Waals surface area contributed by atoms with Crippen LogP contribution in [-0.4, -0.2) is 53.0 Å². The zero-order valence-corrected chi connectivity index (χ0v) is 22.6. The molecule has 0 bridgehead atoms. The second kappa shape index (κ2) is 11.2. The third kappa shape index (κ3) is 8.44. The van der Waals surface area contributed by atoms with E-state index < -0.39 is 23.3 Å². The molecule has 0 fully saturated rings. The summed E-state index contributed by atoms with van der Waals surface area (Å²) in [5, 5.41) is 0. The Labute approximate surface area is 218 Å². The predicted octanol–water partition coefficient (Wildman–Crippen LogP) is 4.45. The molecule has 0 unspecified atom stereocenters. The number of carbonyl (C=O) groups is 3. The van der Waals surface area contributed by atoms with Crippen LogP contribution in [0, 0.1) is 0 Å². The Morgan fingerprint density at radius 2 is 1.51 bits per heavy atom. The van der Waals surface area contributed by atoms with Crippen LogP contribution in [0.25, 0.3) is 0 Å². The van der Waals surface area contributed by atoms with Crippen LogP contribution in [0.2, 0.25) is 0 Å². The molecule has 1 aliphatic heterocycles. The summed E-state index contributed by atoms with van der Waals surface area (Å²) in [5.41, 5.74) is 9.30. The van der Waals surface area contributed by atoms with Crippen LogP contribution < -0.4 is 5.73 Å². The number of rotatable bonds is 6. The first kappa shape index (κ1) is 27.9. The fourth-order valence-electron chi connectivity index (χ4n) is 4.00. The highest BCUT2D eigenvalue weighted by Gasteiger charge is 2.28. The van der Waals surface area contributed by atoms with E-state index in [2.05, 4.69) is 11.1 Å². The van der Waals surface area contributed by atoms with Crippen molar-refractivity contribution in [3.63, 3.8) is 0 Å². The lowest BCUT2D eigenvalue weighted by Crippen LogP contribution is -2.42. The van der Waals surface area contributed by atoms with Crippen molar-refractivity contribution in [2.45, 2.75) is 72.0 Å². The van der Waals surface area contributed by atoms with E-state index in [4.69, 9.17) is 15.2 Å². The van der Waals surface area contributed by atoms with Crippen LogP contribution in [0.4, 0.5) is 4.79 Å². The Balaban J connectivity index is 1.58. The van der Waals surface area contributed by atoms with Gasteiger partial charge in [0.15, 0.2) is 0 Å². The monoisotopic (exact) mass is 507 g/mol. The van der Waals surface area contributed by atoms with Crippen LogP contribution in [0.5, 0.6) is 0 Å². The van der Waals surface area contributed by atoms with Crippen molar-refractivity contribution < 1.29 is 23.9 Å². The van der Waals surface area contributed by atoms with Gasteiger partial charge < -0.3 is 20.1 Å². The van der Waals surface area contributed by atoms with Crippen LogP contribution in [0.3, 0.4) is 0 Å². The van der Waals surface area contributed by atoms with Crippen LogP contribution in [0.15, 0.2) is 47.5 Å². The average molecular weight is 508 g/mol. The average Bonchev–Trinajstić information content (AvgIpc) is 2.77. The number of nitrogens with zero attached hydrogens (tertiary/aromatic N) is 2. The molecule has 2 amide bonds. The number of aliphatic imine (C=N–C) groups is 1. The number of esters is 1. The predicted molar refractivity (Wildman–Crippen MR) is 143 cm³/mol. The lowest BCUT2D eigenvalue weighted by atomic mass is 9.94. The minimum absolute atomic E-state index is 0.0414. The molecule has 0 aliphatic carbocycles. The number of hydrogen-bond acceptors (Lipinski definition) is 5. The Hall–Kier alpha value is -3.68. The second-order valence-corrected chi connectivity index (χ2v) is 11.2. The van der Waals surface area contributed by atoms with Gasteiger partial charge in [-0.3, -0.25) is 9.59 Å². The first-order valence-electron chi connectivity index (χ1n) is 12.5. The Morgan fingerprint density at radius 1 is 0.919 bits per heavy atom. The van der Waals surface area contributed by atoms with Gasteiger partial charge in [-0.15, -0.1) is 0 Å². The minimum atomic E-state index is -0.715. The number of amidine groups is 1. The van der Waals surface area contributed by atoms with E-state index in [-0.39, 0.29) is 18.3 Å². The molecule has 2 N–H and O–H groups in total. The Morgan fingerprint density at radius 3 is 2.14 bits per heavy atom. The molecule has 1 aliphatic rings. The van der Waals surface area contributed by atoms with Gasteiger partial charge in [0.2, 0.25) is 0 Å². The number of nitrogens with two attached hydrogens (primary N) is 1. The van der Waals surface area contributed by atoms with Gasteiger partial charge in [0.1, 0.15) is 23.6 Å². The lowest BCUT2D eigenvalue weighted by molar-refractivity contribution is -0.155. The smallest absolute Gasteiger partial charge is 0.436 e. The van der Waals surface area contributed by atoms with Crippen LogP contribution in [0.1, 0.15) is 74.2 Å². The van der Waals surface area contributed by atoms with Crippen molar-refractivity contribution in [1.29, 1.82) is 0 Å². The molecule has 2 aromatic carbocycles. The highest BCUT2D eigenvalue weighted by atomic mass is 16.6. The molecule has 8 nitrogen and oxygen atoms in total. The first-order valence-corrected chi connectivity index (χ1v) is 12.5. The first-order chi connectivity index (χ1) is 17.2. The number of hydrogen-bond donors (Lipinski definition) is 1. The zero-order chi connectivity index (χ0) is 27.4. The van der Waals surface area contributed by atoms with Gasteiger partial charge in [0.25, 0.3) is 5.91 Å². The van der Waals surface area contributed by atoms with Gasteiger partial charge in [-0.2, -0.15) is 4.99 Å². The third-order valence-electron chi connectivity index (χ3n) is 5.64. The normalized spacial score (nSPS) is 14.3. The number of benzene rings is 2. The molecule has 37 heavy (non-hydrogen) atoms. The van der Waals surface area contributed by atoms with Gasteiger partial charge in [-0.25, -0.2) is 4.79 Å². The minimum Gasteiger partial charge on any atom is -0.459 e. The molecule has 8 heteroatoms. The Kier molecular flexibility index (Phi) is 8.41. The summed E-state index contributed by atoms with van der Waals surface area (Å²) in [4.78, 5) is 42.3. The van der Waals surface area contributed by atoms with E-state index in [1.54, 1.807) is 25.7 Å². The molecule has 0 radical (unpaired) electrons. The number of carbonyl (C=O) groups excluding carboxylic acids is 3. The summed E-state index contributed by atoms with van der Waals surface area (Å²) in [7, 11) is 0. The summed E-state index contributed by atoms with van der Waals surface area (Å²) < 4.78 is 10.5. The van der Waals surface area contributed by atoms with Crippen molar-refractivity contribution in [1.82, 2.24) is 4.90 Å². The third-order valence-corrected chi connectivity index (χ3v) is 5.64. The quantitative estimate of drug-likeness (QED) is 0.351. The fraction of sp³-hybridized carbons (Fsp3) is 0.448. The standard InChI is InChI=1S/C29H37N3O5/c1-28(2,3)36-24(33)18-32-16-15-22-17-20(11-14-23(22)26(32)34)8-7-19-9-12-21(13-10-19)25(30)31-27(35)37-29(4,5)6/h9-14,17H,7-8,15-16,18H2,1-6H3,(H2,30,31,35). The maximum Gasteiger partial charge on any atom is 0.436 e. The van der Waals surface area contributed by atoms with Gasteiger partial charge >= 0.3 is 12.1 Å². The van der Waals surface area contributed by atoms with Crippen molar-refractivity contribution >= 4 is 23.8 Å². The zero-order valence-electron chi connectivity index (χ0n) is 22.6. The molecular formula is C29H37N3O5. The molecule has 0 aromatic heterocycles. The largest absolute Gasteiger partial charge is 0.459 e. The van der Waals surface area contributed by atoms with Gasteiger partial charge in [-0.1, -0.05) is 36.4 Å². The maximum absolute atomic E-state index is 12.9. The molecular weight excluding hydrogens is 470 g/mol. The number of amides is 2. The second-order valence-electron chi connectivity index (χ2n) is 11.2. The molecule has 0 spiro atoms. The van der Waals surface area contributed by atoms with Crippen molar-refractivity contribution in [3.8, 4) is 0 Å². The molecule has 0 saturated heterocycles. The van der Waals surface area contributed by atoms with E-state index in [9.17, 15) is 14.4 Å². The summed E-state index contributed by atoms with van der Waals surface area (Å²) in [6.45, 7) is 11.2. The van der Waals surface area contributed by atoms with Gasteiger partial charge in [0, 0.05) is 17.7 Å². The fourth-order valence-corrected chi connectivity index (χ4v) is 4.00. The molecule has 0 saturated carbocycles. The Bertz CT molecular complexity index is 1190. The van der Waals surface area contributed by atoms with E-state index >= 15 is 0 Å².